The molecule has 3 rings (SSSR count). The van der Waals surface area contributed by atoms with Crippen molar-refractivity contribution < 1.29 is 9.53 Å². The minimum Gasteiger partial charge on any atom is -0.462 e. The Bertz CT molecular complexity index is 956. The fraction of sp³-hybridized carbons (Fsp3) is 0.300. The zero-order chi connectivity index (χ0) is 18.7. The van der Waals surface area contributed by atoms with Gasteiger partial charge in [0.15, 0.2) is 5.82 Å². The average molecular weight is 350 g/mol. The predicted octanol–water partition coefficient (Wildman–Crippen LogP) is 5.36. The largest absolute Gasteiger partial charge is 0.462 e. The second-order valence-corrected chi connectivity index (χ2v) is 6.37. The second-order valence-electron chi connectivity index (χ2n) is 6.37. The van der Waals surface area contributed by atoms with Gasteiger partial charge in [0.2, 0.25) is 0 Å². The van der Waals surface area contributed by atoms with Crippen molar-refractivity contribution in [2.75, 3.05) is 6.61 Å². The Morgan fingerprint density at radius 1 is 1.19 bits per heavy atom. The van der Waals surface area contributed by atoms with Crippen LogP contribution in [0.4, 0.5) is 11.5 Å². The lowest BCUT2D eigenvalue weighted by Crippen LogP contribution is -2.03. The maximum absolute atomic E-state index is 11.7. The topological polar surface area (TPSA) is 68.3 Å². The molecule has 0 unspecified atom stereocenters. The van der Waals surface area contributed by atoms with Gasteiger partial charge in [-0.05, 0) is 61.7 Å². The number of carbonyl (C=O) groups excluding carboxylic acids is 1. The first kappa shape index (κ1) is 17.8. The smallest absolute Gasteiger partial charge is 0.338 e. The van der Waals surface area contributed by atoms with Crippen molar-refractivity contribution in [3.05, 3.63) is 59.4 Å². The highest BCUT2D eigenvalue weighted by Gasteiger charge is 2.15. The fourth-order valence-corrected chi connectivity index (χ4v) is 2.62. The van der Waals surface area contributed by atoms with Gasteiger partial charge in [0.1, 0.15) is 5.65 Å². The van der Waals surface area contributed by atoms with E-state index in [1.54, 1.807) is 31.2 Å². The summed E-state index contributed by atoms with van der Waals surface area (Å²) in [5, 5.41) is 8.76. The van der Waals surface area contributed by atoms with Crippen LogP contribution < -0.4 is 0 Å². The lowest BCUT2D eigenvalue weighted by atomic mass is 10.1. The number of hydrogen-bond donors (Lipinski definition) is 0. The number of benzene rings is 1. The number of pyridine rings is 1. The first-order chi connectivity index (χ1) is 12.5. The summed E-state index contributed by atoms with van der Waals surface area (Å²) in [4.78, 5) is 16.4. The molecule has 0 saturated carbocycles. The summed E-state index contributed by atoms with van der Waals surface area (Å²) in [6, 6.07) is 10.9. The van der Waals surface area contributed by atoms with Crippen molar-refractivity contribution in [1.29, 1.82) is 0 Å². The molecule has 0 amide bonds. The van der Waals surface area contributed by atoms with Crippen molar-refractivity contribution in [1.82, 2.24) is 9.38 Å². The molecular weight excluding hydrogens is 328 g/mol. The van der Waals surface area contributed by atoms with Crippen LogP contribution in [0.5, 0.6) is 0 Å². The lowest BCUT2D eigenvalue weighted by Gasteiger charge is -2.03. The maximum Gasteiger partial charge on any atom is 0.338 e. The van der Waals surface area contributed by atoms with Crippen LogP contribution in [0.3, 0.4) is 0 Å². The molecular formula is C20H22N4O2. The summed E-state index contributed by atoms with van der Waals surface area (Å²) in [6.07, 6.45) is 1.96. The number of hydrogen-bond acceptors (Lipinski definition) is 5. The number of azo groups is 1. The molecule has 6 nitrogen and oxygen atoms in total. The molecule has 0 aliphatic heterocycles. The van der Waals surface area contributed by atoms with Crippen LogP contribution in [0.2, 0.25) is 0 Å². The van der Waals surface area contributed by atoms with Crippen molar-refractivity contribution >= 4 is 23.1 Å². The van der Waals surface area contributed by atoms with Crippen LogP contribution >= 0.6 is 0 Å². The molecule has 0 N–H and O–H groups in total. The van der Waals surface area contributed by atoms with Crippen molar-refractivity contribution in [2.45, 2.75) is 33.6 Å². The molecule has 26 heavy (non-hydrogen) atoms. The predicted molar refractivity (Wildman–Crippen MR) is 101 cm³/mol. The van der Waals surface area contributed by atoms with Crippen molar-refractivity contribution in [3.63, 3.8) is 0 Å². The minimum absolute atomic E-state index is 0.232. The van der Waals surface area contributed by atoms with Gasteiger partial charge in [0.25, 0.3) is 0 Å². The second kappa shape index (κ2) is 7.47. The van der Waals surface area contributed by atoms with E-state index in [1.165, 1.54) is 0 Å². The number of aromatic nitrogens is 2. The van der Waals surface area contributed by atoms with Crippen LogP contribution in [0, 0.1) is 6.92 Å². The third-order valence-corrected chi connectivity index (χ3v) is 3.97. The Hall–Kier alpha value is -3.02. The molecule has 1 aromatic carbocycles. The van der Waals surface area contributed by atoms with E-state index < -0.39 is 0 Å². The van der Waals surface area contributed by atoms with Crippen molar-refractivity contribution in [2.24, 2.45) is 10.2 Å². The Kier molecular flexibility index (Phi) is 5.11. The van der Waals surface area contributed by atoms with Crippen molar-refractivity contribution in [3.8, 4) is 0 Å². The van der Waals surface area contributed by atoms with Gasteiger partial charge in [-0.1, -0.05) is 13.8 Å². The Balaban J connectivity index is 1.93. The van der Waals surface area contributed by atoms with Gasteiger partial charge >= 0.3 is 5.97 Å². The minimum atomic E-state index is -0.338. The summed E-state index contributed by atoms with van der Waals surface area (Å²) >= 11 is 0. The SMILES string of the molecule is CCOC(=O)c1ccc(N=Nc2c(C(C)C)nc3cc(C)ccn23)cc1. The lowest BCUT2D eigenvalue weighted by molar-refractivity contribution is 0.0526. The molecule has 0 aliphatic carbocycles. The van der Waals surface area contributed by atoms with Gasteiger partial charge in [-0.3, -0.25) is 4.40 Å². The van der Waals surface area contributed by atoms with Gasteiger partial charge < -0.3 is 4.74 Å². The Morgan fingerprint density at radius 3 is 2.58 bits per heavy atom. The summed E-state index contributed by atoms with van der Waals surface area (Å²) in [6.45, 7) is 8.34. The van der Waals surface area contributed by atoms with Gasteiger partial charge in [-0.15, -0.1) is 10.2 Å². The zero-order valence-corrected chi connectivity index (χ0v) is 15.4. The van der Waals surface area contributed by atoms with E-state index in [0.29, 0.717) is 17.9 Å². The molecule has 0 bridgehead atoms. The fourth-order valence-electron chi connectivity index (χ4n) is 2.62. The highest BCUT2D eigenvalue weighted by Crippen LogP contribution is 2.29. The number of aryl methyl sites for hydroxylation is 1. The van der Waals surface area contributed by atoms with Crippen LogP contribution in [0.15, 0.2) is 52.8 Å². The van der Waals surface area contributed by atoms with Crippen LogP contribution in [-0.4, -0.2) is 22.0 Å². The summed E-state index contributed by atoms with van der Waals surface area (Å²) in [5.41, 5.74) is 4.08. The normalized spacial score (nSPS) is 11.6. The van der Waals surface area contributed by atoms with E-state index in [1.807, 2.05) is 29.7 Å². The molecule has 0 radical (unpaired) electrons. The molecule has 0 atom stereocenters. The third-order valence-electron chi connectivity index (χ3n) is 3.97. The highest BCUT2D eigenvalue weighted by molar-refractivity contribution is 5.89. The van der Waals surface area contributed by atoms with Gasteiger partial charge in [0.05, 0.1) is 23.6 Å². The average Bonchev–Trinajstić information content (AvgIpc) is 2.98. The van der Waals surface area contributed by atoms with E-state index >= 15 is 0 Å². The molecule has 134 valence electrons. The highest BCUT2D eigenvalue weighted by atomic mass is 16.5. The Labute approximate surface area is 152 Å². The number of nitrogens with zero attached hydrogens (tertiary/aromatic N) is 4. The molecule has 0 saturated heterocycles. The molecule has 2 aromatic heterocycles. The number of fused-ring (bicyclic) bond motifs is 1. The molecule has 0 fully saturated rings. The van der Waals surface area contributed by atoms with Gasteiger partial charge in [-0.2, -0.15) is 0 Å². The summed E-state index contributed by atoms with van der Waals surface area (Å²) in [5.74, 6) is 0.620. The number of esters is 1. The number of rotatable bonds is 5. The van der Waals surface area contributed by atoms with E-state index in [2.05, 4.69) is 24.1 Å². The molecule has 0 aliphatic rings. The van der Waals surface area contributed by atoms with Crippen LogP contribution in [0.1, 0.15) is 48.3 Å². The number of ether oxygens (including phenoxy) is 1. The van der Waals surface area contributed by atoms with E-state index in [4.69, 9.17) is 9.72 Å². The maximum atomic E-state index is 11.7. The van der Waals surface area contributed by atoms with Crippen LogP contribution in [0.25, 0.3) is 5.65 Å². The van der Waals surface area contributed by atoms with Crippen LogP contribution in [-0.2, 0) is 4.74 Å². The molecule has 3 aromatic rings. The third kappa shape index (κ3) is 3.64. The summed E-state index contributed by atoms with van der Waals surface area (Å²) in [7, 11) is 0. The summed E-state index contributed by atoms with van der Waals surface area (Å²) < 4.78 is 6.93. The zero-order valence-electron chi connectivity index (χ0n) is 15.4. The van der Waals surface area contributed by atoms with E-state index in [0.717, 1.165) is 22.7 Å². The Morgan fingerprint density at radius 2 is 1.92 bits per heavy atom. The molecule has 0 spiro atoms. The monoisotopic (exact) mass is 350 g/mol. The number of carbonyl (C=O) groups is 1. The standard InChI is InChI=1S/C20H22N4O2/c1-5-26-20(25)15-6-8-16(9-7-15)22-23-19-18(13(2)3)21-17-12-14(4)10-11-24(17)19/h6-13H,5H2,1-4H3. The number of imidazole rings is 1. The van der Waals surface area contributed by atoms with E-state index in [-0.39, 0.29) is 11.9 Å². The molecule has 2 heterocycles. The first-order valence-electron chi connectivity index (χ1n) is 8.67. The van der Waals surface area contributed by atoms with E-state index in [9.17, 15) is 4.79 Å². The first-order valence-corrected chi connectivity index (χ1v) is 8.67. The van der Waals surface area contributed by atoms with Gasteiger partial charge in [0, 0.05) is 6.20 Å². The molecule has 6 heteroatoms. The van der Waals surface area contributed by atoms with Gasteiger partial charge in [-0.25, -0.2) is 9.78 Å². The quantitative estimate of drug-likeness (QED) is 0.459.